The molecule has 1 saturated heterocycles. The number of phenols is 1. The van der Waals surface area contributed by atoms with Crippen LogP contribution in [0.15, 0.2) is 18.2 Å². The van der Waals surface area contributed by atoms with Gasteiger partial charge in [-0.05, 0) is 18.1 Å². The van der Waals surface area contributed by atoms with E-state index in [1.54, 1.807) is 25.3 Å². The first kappa shape index (κ1) is 13.7. The molecular weight excluding hydrogens is 244 g/mol. The number of nitrogens with one attached hydrogen (secondary N) is 1. The van der Waals surface area contributed by atoms with Gasteiger partial charge in [-0.15, -0.1) is 0 Å². The molecule has 1 aliphatic heterocycles. The van der Waals surface area contributed by atoms with Crippen molar-refractivity contribution in [2.75, 3.05) is 33.3 Å². The molecule has 0 radical (unpaired) electrons. The normalized spacial score (nSPS) is 15.3. The number of carbonyl (C=O) groups excluding carboxylic acids is 1. The van der Waals surface area contributed by atoms with E-state index >= 15 is 0 Å². The standard InChI is InChI=1S/C14H20N2O3/c1-19-12-4-2-11(13(17)10-12)3-5-14(18)16-8-6-15-7-9-16/h2,4,10,15,17H,3,5-9H2,1H3. The van der Waals surface area contributed by atoms with Crippen LogP contribution >= 0.6 is 0 Å². The zero-order valence-corrected chi connectivity index (χ0v) is 11.2. The second kappa shape index (κ2) is 6.43. The highest BCUT2D eigenvalue weighted by Crippen LogP contribution is 2.24. The summed E-state index contributed by atoms with van der Waals surface area (Å²) in [6.45, 7) is 3.26. The summed E-state index contributed by atoms with van der Waals surface area (Å²) in [6, 6.07) is 5.17. The largest absolute Gasteiger partial charge is 0.508 e. The van der Waals surface area contributed by atoms with Gasteiger partial charge in [0.05, 0.1) is 7.11 Å². The molecule has 1 heterocycles. The lowest BCUT2D eigenvalue weighted by molar-refractivity contribution is -0.131. The molecule has 1 aliphatic rings. The fourth-order valence-corrected chi connectivity index (χ4v) is 2.20. The van der Waals surface area contributed by atoms with Crippen molar-refractivity contribution in [3.05, 3.63) is 23.8 Å². The van der Waals surface area contributed by atoms with E-state index in [0.717, 1.165) is 31.7 Å². The molecule has 5 nitrogen and oxygen atoms in total. The quantitative estimate of drug-likeness (QED) is 0.843. The number of methoxy groups -OCH3 is 1. The molecule has 1 fully saturated rings. The Kier molecular flexibility index (Phi) is 4.63. The van der Waals surface area contributed by atoms with Crippen molar-refractivity contribution in [2.45, 2.75) is 12.8 Å². The Balaban J connectivity index is 1.89. The Bertz CT molecular complexity index is 442. The first-order valence-corrected chi connectivity index (χ1v) is 6.55. The Morgan fingerprint density at radius 3 is 2.79 bits per heavy atom. The number of benzene rings is 1. The summed E-state index contributed by atoms with van der Waals surface area (Å²) in [6.07, 6.45) is 0.985. The number of hydrogen-bond donors (Lipinski definition) is 2. The van der Waals surface area contributed by atoms with Gasteiger partial charge in [0.15, 0.2) is 0 Å². The Labute approximate surface area is 113 Å². The van der Waals surface area contributed by atoms with Crippen molar-refractivity contribution in [1.29, 1.82) is 0 Å². The number of carbonyl (C=O) groups is 1. The molecule has 0 aliphatic carbocycles. The minimum absolute atomic E-state index is 0.150. The Morgan fingerprint density at radius 1 is 1.42 bits per heavy atom. The number of amides is 1. The van der Waals surface area contributed by atoms with Crippen LogP contribution in [-0.2, 0) is 11.2 Å². The van der Waals surface area contributed by atoms with Gasteiger partial charge in [-0.1, -0.05) is 6.07 Å². The van der Waals surface area contributed by atoms with Gasteiger partial charge in [0.25, 0.3) is 0 Å². The van der Waals surface area contributed by atoms with Crippen LogP contribution in [0.5, 0.6) is 11.5 Å². The molecule has 5 heteroatoms. The fraction of sp³-hybridized carbons (Fsp3) is 0.500. The average Bonchev–Trinajstić information content (AvgIpc) is 2.46. The Hall–Kier alpha value is -1.75. The van der Waals surface area contributed by atoms with Crippen molar-refractivity contribution < 1.29 is 14.6 Å². The average molecular weight is 264 g/mol. The number of hydrogen-bond acceptors (Lipinski definition) is 4. The van der Waals surface area contributed by atoms with Crippen LogP contribution in [-0.4, -0.2) is 49.2 Å². The lowest BCUT2D eigenvalue weighted by Gasteiger charge is -2.27. The van der Waals surface area contributed by atoms with E-state index in [9.17, 15) is 9.90 Å². The van der Waals surface area contributed by atoms with Gasteiger partial charge in [-0.3, -0.25) is 4.79 Å². The lowest BCUT2D eigenvalue weighted by Crippen LogP contribution is -2.46. The Morgan fingerprint density at radius 2 is 2.16 bits per heavy atom. The number of aromatic hydroxyl groups is 1. The highest BCUT2D eigenvalue weighted by molar-refractivity contribution is 5.76. The van der Waals surface area contributed by atoms with Gasteiger partial charge in [-0.2, -0.15) is 0 Å². The van der Waals surface area contributed by atoms with E-state index in [1.165, 1.54) is 0 Å². The fourth-order valence-electron chi connectivity index (χ4n) is 2.20. The summed E-state index contributed by atoms with van der Waals surface area (Å²) in [5, 5.41) is 13.0. The molecule has 0 spiro atoms. The van der Waals surface area contributed by atoms with E-state index in [4.69, 9.17) is 4.74 Å². The maximum absolute atomic E-state index is 12.0. The van der Waals surface area contributed by atoms with Gasteiger partial charge in [-0.25, -0.2) is 0 Å². The van der Waals surface area contributed by atoms with Crippen molar-refractivity contribution >= 4 is 5.91 Å². The van der Waals surface area contributed by atoms with Crippen molar-refractivity contribution in [3.8, 4) is 11.5 Å². The summed E-state index contributed by atoms with van der Waals surface area (Å²) in [4.78, 5) is 13.9. The monoisotopic (exact) mass is 264 g/mol. The third-order valence-corrected chi connectivity index (χ3v) is 3.37. The molecule has 1 amide bonds. The van der Waals surface area contributed by atoms with Gasteiger partial charge in [0, 0.05) is 38.7 Å². The van der Waals surface area contributed by atoms with Gasteiger partial charge in [0.1, 0.15) is 11.5 Å². The van der Waals surface area contributed by atoms with Gasteiger partial charge >= 0.3 is 0 Å². The number of phenolic OH excluding ortho intramolecular Hbond substituents is 1. The van der Waals surface area contributed by atoms with E-state index < -0.39 is 0 Å². The molecule has 0 unspecified atom stereocenters. The SMILES string of the molecule is COc1ccc(CCC(=O)N2CCNCC2)c(O)c1. The number of rotatable bonds is 4. The molecule has 0 aromatic heterocycles. The summed E-state index contributed by atoms with van der Waals surface area (Å²) in [7, 11) is 1.56. The molecular formula is C14H20N2O3. The number of ether oxygens (including phenoxy) is 1. The topological polar surface area (TPSA) is 61.8 Å². The maximum Gasteiger partial charge on any atom is 0.222 e. The molecule has 19 heavy (non-hydrogen) atoms. The van der Waals surface area contributed by atoms with E-state index in [1.807, 2.05) is 4.90 Å². The zero-order valence-electron chi connectivity index (χ0n) is 11.2. The second-order valence-corrected chi connectivity index (χ2v) is 4.63. The van der Waals surface area contributed by atoms with Crippen LogP contribution in [0.1, 0.15) is 12.0 Å². The van der Waals surface area contributed by atoms with Crippen molar-refractivity contribution in [3.63, 3.8) is 0 Å². The lowest BCUT2D eigenvalue weighted by atomic mass is 10.1. The van der Waals surface area contributed by atoms with E-state index in [-0.39, 0.29) is 11.7 Å². The zero-order chi connectivity index (χ0) is 13.7. The maximum atomic E-state index is 12.0. The van der Waals surface area contributed by atoms with Crippen LogP contribution in [0.3, 0.4) is 0 Å². The number of aryl methyl sites for hydroxylation is 1. The van der Waals surface area contributed by atoms with Gasteiger partial charge in [0.2, 0.25) is 5.91 Å². The summed E-state index contributed by atoms with van der Waals surface area (Å²) < 4.78 is 5.03. The van der Waals surface area contributed by atoms with Crippen LogP contribution in [0, 0.1) is 0 Å². The molecule has 0 bridgehead atoms. The van der Waals surface area contributed by atoms with Gasteiger partial charge < -0.3 is 20.1 Å². The summed E-state index contributed by atoms with van der Waals surface area (Å²) >= 11 is 0. The van der Waals surface area contributed by atoms with Crippen LogP contribution < -0.4 is 10.1 Å². The third-order valence-electron chi connectivity index (χ3n) is 3.37. The van der Waals surface area contributed by atoms with Crippen LogP contribution in [0.25, 0.3) is 0 Å². The van der Waals surface area contributed by atoms with Crippen molar-refractivity contribution in [1.82, 2.24) is 10.2 Å². The molecule has 104 valence electrons. The van der Waals surface area contributed by atoms with E-state index in [2.05, 4.69) is 5.32 Å². The third kappa shape index (κ3) is 3.61. The van der Waals surface area contributed by atoms with E-state index in [0.29, 0.717) is 18.6 Å². The molecule has 2 N–H and O–H groups in total. The predicted molar refractivity (Wildman–Crippen MR) is 72.4 cm³/mol. The highest BCUT2D eigenvalue weighted by atomic mass is 16.5. The van der Waals surface area contributed by atoms with Crippen LogP contribution in [0.4, 0.5) is 0 Å². The molecule has 0 atom stereocenters. The summed E-state index contributed by atoms with van der Waals surface area (Å²) in [5.74, 6) is 0.957. The first-order valence-electron chi connectivity index (χ1n) is 6.55. The first-order chi connectivity index (χ1) is 9.20. The van der Waals surface area contributed by atoms with Crippen molar-refractivity contribution in [2.24, 2.45) is 0 Å². The molecule has 1 aromatic carbocycles. The molecule has 1 aromatic rings. The van der Waals surface area contributed by atoms with Crippen LogP contribution in [0.2, 0.25) is 0 Å². The molecule has 2 rings (SSSR count). The minimum atomic E-state index is 0.150. The predicted octanol–water partition coefficient (Wildman–Crippen LogP) is 0.765. The smallest absolute Gasteiger partial charge is 0.222 e. The second-order valence-electron chi connectivity index (χ2n) is 4.63. The summed E-state index contributed by atoms with van der Waals surface area (Å²) in [5.41, 5.74) is 0.782. The minimum Gasteiger partial charge on any atom is -0.508 e. The molecule has 0 saturated carbocycles. The number of nitrogens with zero attached hydrogens (tertiary/aromatic N) is 1. The highest BCUT2D eigenvalue weighted by Gasteiger charge is 2.16. The number of piperazine rings is 1.